The molecule has 17 heavy (non-hydrogen) atoms. The Kier molecular flexibility index (Phi) is 3.28. The van der Waals surface area contributed by atoms with E-state index in [1.165, 1.54) is 4.88 Å². The van der Waals surface area contributed by atoms with Crippen molar-refractivity contribution in [3.05, 3.63) is 28.4 Å². The van der Waals surface area contributed by atoms with Gasteiger partial charge in [-0.2, -0.15) is 0 Å². The van der Waals surface area contributed by atoms with Crippen LogP contribution in [0.4, 0.5) is 16.6 Å². The molecule has 0 saturated heterocycles. The molecule has 0 saturated carbocycles. The molecule has 5 heteroatoms. The molecule has 0 aliphatic rings. The van der Waals surface area contributed by atoms with Crippen molar-refractivity contribution >= 4 is 28.0 Å². The second-order valence-electron chi connectivity index (χ2n) is 3.89. The molecule has 2 aromatic heterocycles. The molecule has 2 aromatic rings. The Morgan fingerprint density at radius 2 is 2.18 bits per heavy atom. The summed E-state index contributed by atoms with van der Waals surface area (Å²) in [5.74, 6) is 0.682. The number of nitrogens with zero attached hydrogens (tertiary/aromatic N) is 2. The molecule has 0 aromatic carbocycles. The lowest BCUT2D eigenvalue weighted by Gasteiger charge is -2.06. The summed E-state index contributed by atoms with van der Waals surface area (Å²) in [7, 11) is 0. The van der Waals surface area contributed by atoms with E-state index in [0.717, 1.165) is 22.8 Å². The molecule has 0 bridgehead atoms. The maximum Gasteiger partial charge on any atom is 0.188 e. The highest BCUT2D eigenvalue weighted by molar-refractivity contribution is 7.15. The minimum atomic E-state index is 0.679. The van der Waals surface area contributed by atoms with Gasteiger partial charge >= 0.3 is 0 Å². The first-order valence-corrected chi connectivity index (χ1v) is 6.38. The van der Waals surface area contributed by atoms with E-state index in [0.29, 0.717) is 11.5 Å². The molecular weight excluding hydrogens is 232 g/mol. The SMILES string of the molecule is CCc1nc(Nc2nccc(C)c2N)sc1C. The third kappa shape index (κ3) is 2.39. The number of hydrogen-bond acceptors (Lipinski definition) is 5. The molecule has 0 spiro atoms. The second kappa shape index (κ2) is 4.71. The van der Waals surface area contributed by atoms with Crippen LogP contribution in [0.25, 0.3) is 0 Å². The number of nitrogens with two attached hydrogens (primary N) is 1. The van der Waals surface area contributed by atoms with E-state index >= 15 is 0 Å². The molecule has 0 fully saturated rings. The normalized spacial score (nSPS) is 10.5. The van der Waals surface area contributed by atoms with Gasteiger partial charge in [0.1, 0.15) is 0 Å². The Hall–Kier alpha value is -1.62. The van der Waals surface area contributed by atoms with Crippen molar-refractivity contribution in [3.63, 3.8) is 0 Å². The second-order valence-corrected chi connectivity index (χ2v) is 5.09. The fourth-order valence-electron chi connectivity index (χ4n) is 1.58. The topological polar surface area (TPSA) is 63.8 Å². The van der Waals surface area contributed by atoms with Crippen LogP contribution in [0.5, 0.6) is 0 Å². The average Bonchev–Trinajstić information content (AvgIpc) is 2.65. The highest BCUT2D eigenvalue weighted by atomic mass is 32.1. The number of rotatable bonds is 3. The molecule has 2 heterocycles. The van der Waals surface area contributed by atoms with Crippen LogP contribution in [0.1, 0.15) is 23.1 Å². The van der Waals surface area contributed by atoms with Crippen LogP contribution in [-0.4, -0.2) is 9.97 Å². The summed E-state index contributed by atoms with van der Waals surface area (Å²) in [5.41, 5.74) is 8.79. The van der Waals surface area contributed by atoms with Crippen molar-refractivity contribution in [1.82, 2.24) is 9.97 Å². The molecule has 0 aliphatic carbocycles. The van der Waals surface area contributed by atoms with Crippen molar-refractivity contribution in [3.8, 4) is 0 Å². The Morgan fingerprint density at radius 1 is 1.41 bits per heavy atom. The van der Waals surface area contributed by atoms with Gasteiger partial charge < -0.3 is 11.1 Å². The van der Waals surface area contributed by atoms with Crippen LogP contribution in [0.15, 0.2) is 12.3 Å². The molecule has 4 nitrogen and oxygen atoms in total. The maximum absolute atomic E-state index is 5.96. The summed E-state index contributed by atoms with van der Waals surface area (Å²) in [6.07, 6.45) is 2.69. The van der Waals surface area contributed by atoms with E-state index in [4.69, 9.17) is 5.73 Å². The number of anilines is 3. The van der Waals surface area contributed by atoms with Crippen LogP contribution in [-0.2, 0) is 6.42 Å². The summed E-state index contributed by atoms with van der Waals surface area (Å²) in [6, 6.07) is 1.89. The van der Waals surface area contributed by atoms with Gasteiger partial charge in [0.25, 0.3) is 0 Å². The van der Waals surface area contributed by atoms with E-state index in [-0.39, 0.29) is 0 Å². The van der Waals surface area contributed by atoms with Crippen LogP contribution < -0.4 is 11.1 Å². The lowest BCUT2D eigenvalue weighted by Crippen LogP contribution is -2.00. The van der Waals surface area contributed by atoms with Gasteiger partial charge in [-0.15, -0.1) is 11.3 Å². The zero-order valence-electron chi connectivity index (χ0n) is 10.2. The van der Waals surface area contributed by atoms with E-state index in [2.05, 4.69) is 29.1 Å². The summed E-state index contributed by atoms with van der Waals surface area (Å²) in [5, 5.41) is 4.03. The summed E-state index contributed by atoms with van der Waals surface area (Å²) >= 11 is 1.63. The fourth-order valence-corrected chi connectivity index (χ4v) is 2.48. The Balaban J connectivity index is 2.28. The van der Waals surface area contributed by atoms with Gasteiger partial charge in [-0.3, -0.25) is 0 Å². The predicted octanol–water partition coefficient (Wildman–Crippen LogP) is 3.04. The molecule has 3 N–H and O–H groups in total. The minimum absolute atomic E-state index is 0.679. The van der Waals surface area contributed by atoms with Gasteiger partial charge in [-0.25, -0.2) is 9.97 Å². The first-order chi connectivity index (χ1) is 8.11. The Bertz CT molecular complexity index is 533. The number of thiazole rings is 1. The van der Waals surface area contributed by atoms with Crippen LogP contribution in [0, 0.1) is 13.8 Å². The van der Waals surface area contributed by atoms with E-state index < -0.39 is 0 Å². The predicted molar refractivity (Wildman–Crippen MR) is 72.9 cm³/mol. The van der Waals surface area contributed by atoms with E-state index in [1.54, 1.807) is 17.5 Å². The Labute approximate surface area is 105 Å². The molecule has 0 aliphatic heterocycles. The lowest BCUT2D eigenvalue weighted by atomic mass is 10.2. The first-order valence-electron chi connectivity index (χ1n) is 5.56. The standard InChI is InChI=1S/C12H16N4S/c1-4-9-8(3)17-12(15-9)16-11-10(13)7(2)5-6-14-11/h5-6H,4,13H2,1-3H3,(H,14,15,16). The monoisotopic (exact) mass is 248 g/mol. The molecule has 90 valence electrons. The molecule has 0 atom stereocenters. The van der Waals surface area contributed by atoms with Crippen LogP contribution in [0.3, 0.4) is 0 Å². The number of nitrogens with one attached hydrogen (secondary N) is 1. The number of nitrogen functional groups attached to an aromatic ring is 1. The van der Waals surface area contributed by atoms with Crippen molar-refractivity contribution < 1.29 is 0 Å². The van der Waals surface area contributed by atoms with Gasteiger partial charge in [0, 0.05) is 11.1 Å². The highest BCUT2D eigenvalue weighted by Crippen LogP contribution is 2.28. The summed E-state index contributed by atoms with van der Waals surface area (Å²) in [6.45, 7) is 6.15. The number of aryl methyl sites for hydroxylation is 3. The third-order valence-electron chi connectivity index (χ3n) is 2.66. The Morgan fingerprint density at radius 3 is 2.82 bits per heavy atom. The summed E-state index contributed by atoms with van der Waals surface area (Å²) < 4.78 is 0. The summed E-state index contributed by atoms with van der Waals surface area (Å²) in [4.78, 5) is 9.97. The number of aromatic nitrogens is 2. The van der Waals surface area contributed by atoms with Crippen molar-refractivity contribution in [2.45, 2.75) is 27.2 Å². The van der Waals surface area contributed by atoms with Crippen LogP contribution in [0.2, 0.25) is 0 Å². The first kappa shape index (κ1) is 11.9. The van der Waals surface area contributed by atoms with Gasteiger partial charge in [-0.05, 0) is 31.9 Å². The molecule has 0 radical (unpaired) electrons. The highest BCUT2D eigenvalue weighted by Gasteiger charge is 2.09. The minimum Gasteiger partial charge on any atom is -0.396 e. The van der Waals surface area contributed by atoms with Crippen molar-refractivity contribution in [2.24, 2.45) is 0 Å². The van der Waals surface area contributed by atoms with Gasteiger partial charge in [0.2, 0.25) is 0 Å². The van der Waals surface area contributed by atoms with Crippen molar-refractivity contribution in [1.29, 1.82) is 0 Å². The van der Waals surface area contributed by atoms with Crippen LogP contribution >= 0.6 is 11.3 Å². The zero-order chi connectivity index (χ0) is 12.4. The quantitative estimate of drug-likeness (QED) is 0.876. The van der Waals surface area contributed by atoms with Crippen molar-refractivity contribution in [2.75, 3.05) is 11.1 Å². The van der Waals surface area contributed by atoms with E-state index in [9.17, 15) is 0 Å². The van der Waals surface area contributed by atoms with Gasteiger partial charge in [0.15, 0.2) is 10.9 Å². The third-order valence-corrected chi connectivity index (χ3v) is 3.59. The number of hydrogen-bond donors (Lipinski definition) is 2. The van der Waals surface area contributed by atoms with Gasteiger partial charge in [0.05, 0.1) is 11.4 Å². The molecular formula is C12H16N4S. The van der Waals surface area contributed by atoms with Gasteiger partial charge in [-0.1, -0.05) is 6.92 Å². The smallest absolute Gasteiger partial charge is 0.188 e. The fraction of sp³-hybridized carbons (Fsp3) is 0.333. The maximum atomic E-state index is 5.96. The largest absolute Gasteiger partial charge is 0.396 e. The molecule has 0 unspecified atom stereocenters. The zero-order valence-corrected chi connectivity index (χ0v) is 11.1. The number of pyridine rings is 1. The average molecular weight is 248 g/mol. The molecule has 2 rings (SSSR count). The van der Waals surface area contributed by atoms with E-state index in [1.807, 2.05) is 13.0 Å². The lowest BCUT2D eigenvalue weighted by molar-refractivity contribution is 1.04. The molecule has 0 amide bonds.